The van der Waals surface area contributed by atoms with E-state index in [4.69, 9.17) is 4.74 Å². The first kappa shape index (κ1) is 17.5. The average Bonchev–Trinajstić information content (AvgIpc) is 3.17. The van der Waals surface area contributed by atoms with Crippen LogP contribution in [0.5, 0.6) is 0 Å². The van der Waals surface area contributed by atoms with Crippen LogP contribution in [0.1, 0.15) is 40.5 Å². The topological polar surface area (TPSA) is 84.7 Å². The maximum atomic E-state index is 13.2. The lowest BCUT2D eigenvalue weighted by atomic mass is 10.0. The van der Waals surface area contributed by atoms with E-state index in [9.17, 15) is 14.9 Å². The van der Waals surface area contributed by atoms with Crippen molar-refractivity contribution in [1.82, 2.24) is 4.90 Å². The molecule has 0 aliphatic carbocycles. The molecule has 1 fully saturated rings. The molecule has 0 saturated carbocycles. The predicted molar refractivity (Wildman–Crippen MR) is 101 cm³/mol. The largest absolute Gasteiger partial charge is 0.376 e. The van der Waals surface area contributed by atoms with Gasteiger partial charge in [-0.15, -0.1) is 0 Å². The number of para-hydroxylation sites is 1. The van der Waals surface area contributed by atoms with Gasteiger partial charge in [-0.25, -0.2) is 0 Å². The second-order valence-electron chi connectivity index (χ2n) is 6.99. The minimum absolute atomic E-state index is 0.0102. The van der Waals surface area contributed by atoms with Gasteiger partial charge in [0.2, 0.25) is 0 Å². The fraction of sp³-hybridized carbons (Fsp3) is 0.350. The van der Waals surface area contributed by atoms with E-state index in [-0.39, 0.29) is 22.6 Å². The lowest BCUT2D eigenvalue weighted by Crippen LogP contribution is -2.46. The van der Waals surface area contributed by atoms with Crippen molar-refractivity contribution in [3.63, 3.8) is 0 Å². The van der Waals surface area contributed by atoms with Crippen molar-refractivity contribution in [2.45, 2.75) is 32.0 Å². The molecule has 7 heteroatoms. The number of anilines is 1. The number of fused-ring (bicyclic) bond motifs is 1. The molecule has 2 unspecified atom stereocenters. The number of amides is 1. The first-order chi connectivity index (χ1) is 13.0. The molecule has 2 aliphatic heterocycles. The van der Waals surface area contributed by atoms with Crippen molar-refractivity contribution < 1.29 is 14.5 Å². The molecule has 0 aromatic heterocycles. The Hall–Kier alpha value is -2.93. The van der Waals surface area contributed by atoms with E-state index in [0.29, 0.717) is 29.8 Å². The van der Waals surface area contributed by atoms with Gasteiger partial charge in [0, 0.05) is 36.0 Å². The van der Waals surface area contributed by atoms with Gasteiger partial charge < -0.3 is 15.0 Å². The molecule has 2 aliphatic rings. The summed E-state index contributed by atoms with van der Waals surface area (Å²) < 4.78 is 5.73. The van der Waals surface area contributed by atoms with Crippen LogP contribution in [0, 0.1) is 17.0 Å². The number of rotatable bonds is 4. The van der Waals surface area contributed by atoms with Gasteiger partial charge in [0.15, 0.2) is 0 Å². The molecule has 1 N–H and O–H groups in total. The molecular weight excluding hydrogens is 346 g/mol. The second kappa shape index (κ2) is 7.00. The minimum Gasteiger partial charge on any atom is -0.376 e. The molecule has 1 amide bonds. The molecular formula is C20H21N3O4. The van der Waals surface area contributed by atoms with E-state index in [1.807, 2.05) is 24.3 Å². The third-order valence-electron chi connectivity index (χ3n) is 5.19. The van der Waals surface area contributed by atoms with Gasteiger partial charge in [0.1, 0.15) is 6.17 Å². The normalized spacial score (nSPS) is 21.7. The average molecular weight is 367 g/mol. The van der Waals surface area contributed by atoms with Crippen LogP contribution in [0.4, 0.5) is 11.4 Å². The predicted octanol–water partition coefficient (Wildman–Crippen LogP) is 3.65. The van der Waals surface area contributed by atoms with Crippen LogP contribution in [0.3, 0.4) is 0 Å². The van der Waals surface area contributed by atoms with E-state index in [1.54, 1.807) is 30.0 Å². The van der Waals surface area contributed by atoms with Crippen molar-refractivity contribution in [3.8, 4) is 0 Å². The molecule has 4 rings (SSSR count). The van der Waals surface area contributed by atoms with E-state index in [2.05, 4.69) is 5.32 Å². The number of nitro benzene ring substituents is 1. The molecule has 2 aromatic carbocycles. The van der Waals surface area contributed by atoms with Gasteiger partial charge >= 0.3 is 0 Å². The van der Waals surface area contributed by atoms with E-state index in [0.717, 1.165) is 18.5 Å². The number of carbonyl (C=O) groups excluding carboxylic acids is 1. The maximum absolute atomic E-state index is 13.2. The molecule has 0 radical (unpaired) electrons. The van der Waals surface area contributed by atoms with Gasteiger partial charge in [-0.3, -0.25) is 14.9 Å². The third-order valence-corrected chi connectivity index (χ3v) is 5.19. The number of nitro groups is 1. The smallest absolute Gasteiger partial charge is 0.272 e. The lowest BCUT2D eigenvalue weighted by molar-refractivity contribution is -0.385. The molecule has 0 bridgehead atoms. The van der Waals surface area contributed by atoms with E-state index < -0.39 is 6.17 Å². The van der Waals surface area contributed by atoms with Gasteiger partial charge in [0.05, 0.1) is 16.6 Å². The summed E-state index contributed by atoms with van der Waals surface area (Å²) >= 11 is 0. The number of nitrogens with one attached hydrogen (secondary N) is 1. The molecule has 2 atom stereocenters. The Kier molecular flexibility index (Phi) is 4.53. The SMILES string of the molecule is Cc1ccc(C2Nc3ccccc3C(=O)N2CC2CCCO2)cc1[N+](=O)[O-]. The molecule has 2 heterocycles. The van der Waals surface area contributed by atoms with Crippen molar-refractivity contribution in [2.24, 2.45) is 0 Å². The molecule has 2 aromatic rings. The highest BCUT2D eigenvalue weighted by Gasteiger charge is 2.35. The highest BCUT2D eigenvalue weighted by atomic mass is 16.6. The Morgan fingerprint density at radius 3 is 2.85 bits per heavy atom. The monoisotopic (exact) mass is 367 g/mol. The number of aryl methyl sites for hydroxylation is 1. The molecule has 27 heavy (non-hydrogen) atoms. The first-order valence-electron chi connectivity index (χ1n) is 9.07. The zero-order valence-corrected chi connectivity index (χ0v) is 15.1. The minimum atomic E-state index is -0.476. The van der Waals surface area contributed by atoms with Crippen molar-refractivity contribution in [1.29, 1.82) is 0 Å². The number of ether oxygens (including phenoxy) is 1. The Morgan fingerprint density at radius 2 is 2.11 bits per heavy atom. The summed E-state index contributed by atoms with van der Waals surface area (Å²) in [6.45, 7) is 2.87. The lowest BCUT2D eigenvalue weighted by Gasteiger charge is -2.39. The molecule has 7 nitrogen and oxygen atoms in total. The summed E-state index contributed by atoms with van der Waals surface area (Å²) in [7, 11) is 0. The van der Waals surface area contributed by atoms with Crippen LogP contribution in [0.15, 0.2) is 42.5 Å². The highest BCUT2D eigenvalue weighted by Crippen LogP contribution is 2.35. The number of benzene rings is 2. The molecule has 1 saturated heterocycles. The van der Waals surface area contributed by atoms with Crippen LogP contribution < -0.4 is 5.32 Å². The van der Waals surface area contributed by atoms with E-state index >= 15 is 0 Å². The summed E-state index contributed by atoms with van der Waals surface area (Å²) in [5, 5.41) is 14.7. The van der Waals surface area contributed by atoms with Crippen LogP contribution in [-0.2, 0) is 4.74 Å². The van der Waals surface area contributed by atoms with Gasteiger partial charge in [-0.05, 0) is 31.9 Å². The standard InChI is InChI=1S/C20H21N3O4/c1-13-8-9-14(11-18(13)23(25)26)19-21-17-7-3-2-6-16(17)20(24)22(19)12-15-5-4-10-27-15/h2-3,6-9,11,15,19,21H,4-5,10,12H2,1H3. The van der Waals surface area contributed by atoms with E-state index in [1.165, 1.54) is 0 Å². The summed E-state index contributed by atoms with van der Waals surface area (Å²) in [6, 6.07) is 12.5. The number of carbonyl (C=O) groups is 1. The van der Waals surface area contributed by atoms with Crippen LogP contribution >= 0.6 is 0 Å². The van der Waals surface area contributed by atoms with Crippen molar-refractivity contribution in [3.05, 3.63) is 69.3 Å². The van der Waals surface area contributed by atoms with Crippen LogP contribution in [0.25, 0.3) is 0 Å². The number of nitrogens with zero attached hydrogens (tertiary/aromatic N) is 2. The Bertz CT molecular complexity index is 893. The molecule has 140 valence electrons. The summed E-state index contributed by atoms with van der Waals surface area (Å²) in [6.07, 6.45) is 1.41. The summed E-state index contributed by atoms with van der Waals surface area (Å²) in [5.74, 6) is -0.0897. The quantitative estimate of drug-likeness (QED) is 0.659. The van der Waals surface area contributed by atoms with Gasteiger partial charge in [-0.1, -0.05) is 24.3 Å². The molecule has 0 spiro atoms. The van der Waals surface area contributed by atoms with Crippen molar-refractivity contribution >= 4 is 17.3 Å². The highest BCUT2D eigenvalue weighted by molar-refractivity contribution is 6.01. The maximum Gasteiger partial charge on any atom is 0.272 e. The zero-order valence-electron chi connectivity index (χ0n) is 15.1. The third kappa shape index (κ3) is 3.26. The number of hydrogen-bond donors (Lipinski definition) is 1. The summed E-state index contributed by atoms with van der Waals surface area (Å²) in [4.78, 5) is 25.9. The summed E-state index contributed by atoms with van der Waals surface area (Å²) in [5.41, 5.74) is 2.68. The Labute approximate surface area is 157 Å². The zero-order chi connectivity index (χ0) is 19.0. The van der Waals surface area contributed by atoms with Gasteiger partial charge in [-0.2, -0.15) is 0 Å². The number of hydrogen-bond acceptors (Lipinski definition) is 5. The van der Waals surface area contributed by atoms with Crippen LogP contribution in [-0.4, -0.2) is 35.0 Å². The first-order valence-corrected chi connectivity index (χ1v) is 9.07. The Balaban J connectivity index is 1.74. The van der Waals surface area contributed by atoms with Crippen LogP contribution in [0.2, 0.25) is 0 Å². The fourth-order valence-electron chi connectivity index (χ4n) is 3.75. The van der Waals surface area contributed by atoms with Gasteiger partial charge in [0.25, 0.3) is 11.6 Å². The second-order valence-corrected chi connectivity index (χ2v) is 6.99. The fourth-order valence-corrected chi connectivity index (χ4v) is 3.75. The Morgan fingerprint density at radius 1 is 1.30 bits per heavy atom. The van der Waals surface area contributed by atoms with Crippen molar-refractivity contribution in [2.75, 3.05) is 18.5 Å².